The molecule has 0 spiro atoms. The van der Waals surface area contributed by atoms with E-state index in [0.717, 1.165) is 32.2 Å². The quantitative estimate of drug-likeness (QED) is 0.944. The topological polar surface area (TPSA) is 75.0 Å². The van der Waals surface area contributed by atoms with Gasteiger partial charge >= 0.3 is 0 Å². The van der Waals surface area contributed by atoms with E-state index in [1.54, 1.807) is 12.3 Å². The van der Waals surface area contributed by atoms with Gasteiger partial charge in [-0.25, -0.2) is 0 Å². The molecule has 6 heteroatoms. The molecule has 1 aliphatic heterocycles. The van der Waals surface area contributed by atoms with Gasteiger partial charge in [0.05, 0.1) is 6.04 Å². The third-order valence-electron chi connectivity index (χ3n) is 4.09. The van der Waals surface area contributed by atoms with Crippen LogP contribution < -0.4 is 0 Å². The molecule has 1 atom stereocenters. The second-order valence-corrected chi connectivity index (χ2v) is 6.09. The van der Waals surface area contributed by atoms with Crippen molar-refractivity contribution < 1.29 is 9.32 Å². The Morgan fingerprint density at radius 1 is 1.41 bits per heavy atom. The minimum atomic E-state index is -0.102. The SMILES string of the molecule is CC(C)c1nc([C@H]2CCCCCN2C(=O)c2ccc[nH]2)no1. The van der Waals surface area contributed by atoms with E-state index in [9.17, 15) is 4.79 Å². The van der Waals surface area contributed by atoms with Crippen molar-refractivity contribution in [3.63, 3.8) is 0 Å². The predicted molar refractivity (Wildman–Crippen MR) is 81.4 cm³/mol. The number of aromatic amines is 1. The highest BCUT2D eigenvalue weighted by molar-refractivity contribution is 5.92. The lowest BCUT2D eigenvalue weighted by atomic mass is 10.1. The Labute approximate surface area is 129 Å². The number of nitrogens with one attached hydrogen (secondary N) is 1. The standard InChI is InChI=1S/C16H22N4O2/c1-11(2)15-18-14(19-22-15)13-8-4-3-5-10-20(13)16(21)12-7-6-9-17-12/h6-7,9,11,13,17H,3-5,8,10H2,1-2H3/t13-/m1/s1. The fraction of sp³-hybridized carbons (Fsp3) is 0.562. The first-order valence-corrected chi connectivity index (χ1v) is 7.94. The molecule has 2 aromatic heterocycles. The largest absolute Gasteiger partial charge is 0.357 e. The van der Waals surface area contributed by atoms with Crippen molar-refractivity contribution in [1.29, 1.82) is 0 Å². The maximum Gasteiger partial charge on any atom is 0.270 e. The van der Waals surface area contributed by atoms with E-state index in [2.05, 4.69) is 15.1 Å². The maximum absolute atomic E-state index is 12.7. The first kappa shape index (κ1) is 14.8. The zero-order valence-electron chi connectivity index (χ0n) is 13.1. The van der Waals surface area contributed by atoms with Gasteiger partial charge < -0.3 is 14.4 Å². The van der Waals surface area contributed by atoms with Crippen LogP contribution in [0.2, 0.25) is 0 Å². The molecule has 0 saturated carbocycles. The number of nitrogens with zero attached hydrogens (tertiary/aromatic N) is 3. The number of aromatic nitrogens is 3. The summed E-state index contributed by atoms with van der Waals surface area (Å²) in [5.74, 6) is 1.46. The van der Waals surface area contributed by atoms with Gasteiger partial charge in [0.2, 0.25) is 5.89 Å². The number of rotatable bonds is 3. The summed E-state index contributed by atoms with van der Waals surface area (Å²) in [7, 11) is 0. The highest BCUT2D eigenvalue weighted by Gasteiger charge is 2.31. The minimum Gasteiger partial charge on any atom is -0.357 e. The zero-order chi connectivity index (χ0) is 15.5. The summed E-state index contributed by atoms with van der Waals surface area (Å²) in [6, 6.07) is 3.54. The van der Waals surface area contributed by atoms with Crippen LogP contribution in [0.15, 0.2) is 22.9 Å². The van der Waals surface area contributed by atoms with Gasteiger partial charge in [0.25, 0.3) is 5.91 Å². The Bertz CT molecular complexity index is 618. The van der Waals surface area contributed by atoms with Gasteiger partial charge in [-0.3, -0.25) is 4.79 Å². The average molecular weight is 302 g/mol. The first-order chi connectivity index (χ1) is 10.7. The number of H-pyrrole nitrogens is 1. The zero-order valence-corrected chi connectivity index (χ0v) is 13.1. The highest BCUT2D eigenvalue weighted by Crippen LogP contribution is 2.30. The number of hydrogen-bond donors (Lipinski definition) is 1. The van der Waals surface area contributed by atoms with E-state index in [1.165, 1.54) is 0 Å². The van der Waals surface area contributed by atoms with Crippen LogP contribution in [0.25, 0.3) is 0 Å². The van der Waals surface area contributed by atoms with Crippen LogP contribution in [-0.4, -0.2) is 32.5 Å². The molecule has 1 saturated heterocycles. The Hall–Kier alpha value is -2.11. The number of carbonyl (C=O) groups is 1. The summed E-state index contributed by atoms with van der Waals surface area (Å²) >= 11 is 0. The Balaban J connectivity index is 1.88. The molecule has 3 rings (SSSR count). The van der Waals surface area contributed by atoms with Gasteiger partial charge in [-0.15, -0.1) is 0 Å². The van der Waals surface area contributed by atoms with Crippen molar-refractivity contribution in [1.82, 2.24) is 20.0 Å². The third-order valence-corrected chi connectivity index (χ3v) is 4.09. The normalized spacial score (nSPS) is 19.4. The van der Waals surface area contributed by atoms with Crippen LogP contribution >= 0.6 is 0 Å². The van der Waals surface area contributed by atoms with Crippen LogP contribution in [-0.2, 0) is 0 Å². The number of hydrogen-bond acceptors (Lipinski definition) is 4. The average Bonchev–Trinajstić information content (AvgIpc) is 3.14. The van der Waals surface area contributed by atoms with Crippen molar-refractivity contribution in [3.05, 3.63) is 35.7 Å². The molecule has 1 aliphatic rings. The molecular formula is C16H22N4O2. The molecule has 118 valence electrons. The molecular weight excluding hydrogens is 280 g/mol. The molecule has 0 aromatic carbocycles. The van der Waals surface area contributed by atoms with E-state index in [-0.39, 0.29) is 17.9 Å². The van der Waals surface area contributed by atoms with Crippen molar-refractivity contribution in [3.8, 4) is 0 Å². The minimum absolute atomic E-state index is 0.00722. The van der Waals surface area contributed by atoms with E-state index in [0.29, 0.717) is 17.4 Å². The lowest BCUT2D eigenvalue weighted by molar-refractivity contribution is 0.0665. The van der Waals surface area contributed by atoms with Gasteiger partial charge in [0.15, 0.2) is 5.82 Å². The fourth-order valence-corrected chi connectivity index (χ4v) is 2.86. The van der Waals surface area contributed by atoms with Crippen molar-refractivity contribution in [2.24, 2.45) is 0 Å². The van der Waals surface area contributed by atoms with Gasteiger partial charge in [0.1, 0.15) is 5.69 Å². The van der Waals surface area contributed by atoms with Crippen LogP contribution in [0.1, 0.15) is 73.7 Å². The van der Waals surface area contributed by atoms with Gasteiger partial charge in [-0.1, -0.05) is 31.8 Å². The summed E-state index contributed by atoms with van der Waals surface area (Å²) in [5.41, 5.74) is 0.611. The molecule has 1 fully saturated rings. The second-order valence-electron chi connectivity index (χ2n) is 6.09. The molecule has 22 heavy (non-hydrogen) atoms. The monoisotopic (exact) mass is 302 g/mol. The molecule has 0 unspecified atom stereocenters. The van der Waals surface area contributed by atoms with Crippen molar-refractivity contribution in [2.45, 2.75) is 51.5 Å². The smallest absolute Gasteiger partial charge is 0.270 e. The van der Waals surface area contributed by atoms with Crippen LogP contribution in [0, 0.1) is 0 Å². The Kier molecular flexibility index (Phi) is 4.27. The van der Waals surface area contributed by atoms with E-state index in [4.69, 9.17) is 4.52 Å². The molecule has 2 aromatic rings. The predicted octanol–water partition coefficient (Wildman–Crippen LogP) is 3.28. The van der Waals surface area contributed by atoms with Crippen LogP contribution in [0.5, 0.6) is 0 Å². The highest BCUT2D eigenvalue weighted by atomic mass is 16.5. The van der Waals surface area contributed by atoms with Gasteiger partial charge in [0, 0.05) is 18.7 Å². The Morgan fingerprint density at radius 3 is 2.95 bits per heavy atom. The first-order valence-electron chi connectivity index (χ1n) is 7.94. The molecule has 3 heterocycles. The van der Waals surface area contributed by atoms with Crippen molar-refractivity contribution in [2.75, 3.05) is 6.54 Å². The molecule has 0 radical (unpaired) electrons. The fourth-order valence-electron chi connectivity index (χ4n) is 2.86. The van der Waals surface area contributed by atoms with Crippen LogP contribution in [0.4, 0.5) is 0 Å². The molecule has 1 N–H and O–H groups in total. The van der Waals surface area contributed by atoms with E-state index >= 15 is 0 Å². The summed E-state index contributed by atoms with van der Waals surface area (Å²) in [6.07, 6.45) is 5.86. The van der Waals surface area contributed by atoms with Crippen molar-refractivity contribution >= 4 is 5.91 Å². The summed E-state index contributed by atoms with van der Waals surface area (Å²) in [6.45, 7) is 4.77. The second kappa shape index (κ2) is 6.34. The summed E-state index contributed by atoms with van der Waals surface area (Å²) in [4.78, 5) is 22.1. The maximum atomic E-state index is 12.7. The summed E-state index contributed by atoms with van der Waals surface area (Å²) < 4.78 is 5.33. The third kappa shape index (κ3) is 2.91. The van der Waals surface area contributed by atoms with Crippen LogP contribution in [0.3, 0.4) is 0 Å². The molecule has 1 amide bonds. The Morgan fingerprint density at radius 2 is 2.27 bits per heavy atom. The number of likely N-dealkylation sites (tertiary alicyclic amines) is 1. The van der Waals surface area contributed by atoms with Gasteiger partial charge in [-0.2, -0.15) is 4.98 Å². The van der Waals surface area contributed by atoms with Gasteiger partial charge in [-0.05, 0) is 25.0 Å². The summed E-state index contributed by atoms with van der Waals surface area (Å²) in [5, 5.41) is 4.13. The molecule has 6 nitrogen and oxygen atoms in total. The lowest BCUT2D eigenvalue weighted by Gasteiger charge is -2.27. The molecule has 0 bridgehead atoms. The lowest BCUT2D eigenvalue weighted by Crippen LogP contribution is -2.35. The van der Waals surface area contributed by atoms with E-state index < -0.39 is 0 Å². The number of carbonyl (C=O) groups excluding carboxylic acids is 1. The number of amides is 1. The molecule has 0 aliphatic carbocycles. The van der Waals surface area contributed by atoms with E-state index in [1.807, 2.05) is 24.8 Å².